The number of carboxylic acid groups (broad SMARTS) is 1. The summed E-state index contributed by atoms with van der Waals surface area (Å²) < 4.78 is 0. The van der Waals surface area contributed by atoms with Crippen LogP contribution in [0.5, 0.6) is 0 Å². The maximum Gasteiger partial charge on any atom is 0.326 e. The van der Waals surface area contributed by atoms with Crippen LogP contribution in [0.2, 0.25) is 0 Å². The number of amides is 2. The van der Waals surface area contributed by atoms with E-state index in [4.69, 9.17) is 0 Å². The summed E-state index contributed by atoms with van der Waals surface area (Å²) in [4.78, 5) is 39.7. The number of β-lactam (4-membered cyclic amide) rings is 1. The van der Waals surface area contributed by atoms with Gasteiger partial charge in [0.25, 0.3) is 0 Å². The van der Waals surface area contributed by atoms with Crippen LogP contribution in [0.15, 0.2) is 60.7 Å². The van der Waals surface area contributed by atoms with E-state index in [0.717, 1.165) is 11.3 Å². The highest BCUT2D eigenvalue weighted by Gasteiger charge is 2.51. The van der Waals surface area contributed by atoms with Crippen LogP contribution in [0.25, 0.3) is 0 Å². The third-order valence-electron chi connectivity index (χ3n) is 5.40. The van der Waals surface area contributed by atoms with Crippen LogP contribution in [-0.2, 0) is 14.4 Å². The molecule has 0 saturated carbocycles. The molecular formula is C21H20N2O4. The molecule has 2 heterocycles. The first-order valence-corrected chi connectivity index (χ1v) is 9.03. The summed E-state index contributed by atoms with van der Waals surface area (Å²) in [5.41, 5.74) is 1.78. The van der Waals surface area contributed by atoms with Crippen molar-refractivity contribution in [1.82, 2.24) is 4.90 Å². The van der Waals surface area contributed by atoms with Gasteiger partial charge in [-0.2, -0.15) is 0 Å². The lowest BCUT2D eigenvalue weighted by molar-refractivity contribution is -0.148. The van der Waals surface area contributed by atoms with Crippen molar-refractivity contribution >= 4 is 23.5 Å². The molecule has 2 fully saturated rings. The zero-order valence-electron chi connectivity index (χ0n) is 14.7. The van der Waals surface area contributed by atoms with Crippen molar-refractivity contribution in [3.8, 4) is 0 Å². The van der Waals surface area contributed by atoms with Crippen LogP contribution < -0.4 is 4.90 Å². The van der Waals surface area contributed by atoms with E-state index >= 15 is 0 Å². The second kappa shape index (κ2) is 6.87. The molecule has 0 aromatic heterocycles. The predicted molar refractivity (Wildman–Crippen MR) is 99.0 cm³/mol. The SMILES string of the molecule is O=C(O)[C@@H]1CCC(=O)N1C[C@H]1C(=O)N(c2ccccc2)[C@H]1c1ccccc1. The van der Waals surface area contributed by atoms with Crippen LogP contribution >= 0.6 is 0 Å². The van der Waals surface area contributed by atoms with Crippen molar-refractivity contribution in [2.75, 3.05) is 11.4 Å². The third kappa shape index (κ3) is 2.97. The molecule has 2 aromatic carbocycles. The number of benzene rings is 2. The largest absolute Gasteiger partial charge is 0.480 e. The van der Waals surface area contributed by atoms with E-state index in [-0.39, 0.29) is 30.8 Å². The maximum atomic E-state index is 13.0. The Morgan fingerprint density at radius 1 is 1.00 bits per heavy atom. The van der Waals surface area contributed by atoms with E-state index < -0.39 is 17.9 Å². The van der Waals surface area contributed by atoms with Crippen LogP contribution in [0.3, 0.4) is 0 Å². The molecule has 27 heavy (non-hydrogen) atoms. The van der Waals surface area contributed by atoms with E-state index in [9.17, 15) is 19.5 Å². The van der Waals surface area contributed by atoms with Crippen molar-refractivity contribution in [1.29, 1.82) is 0 Å². The number of rotatable bonds is 5. The molecular weight excluding hydrogens is 344 g/mol. The van der Waals surface area contributed by atoms with E-state index in [1.54, 1.807) is 4.90 Å². The minimum atomic E-state index is -1.01. The summed E-state index contributed by atoms with van der Waals surface area (Å²) in [6.45, 7) is 0.136. The minimum absolute atomic E-state index is 0.0844. The molecule has 2 aromatic rings. The van der Waals surface area contributed by atoms with Gasteiger partial charge in [-0.1, -0.05) is 48.5 Å². The molecule has 2 amide bonds. The van der Waals surface area contributed by atoms with Crippen LogP contribution in [0.4, 0.5) is 5.69 Å². The summed E-state index contributed by atoms with van der Waals surface area (Å²) in [6, 6.07) is 18.0. The number of likely N-dealkylation sites (tertiary alicyclic amines) is 1. The molecule has 0 aliphatic carbocycles. The second-order valence-corrected chi connectivity index (χ2v) is 6.94. The fraction of sp³-hybridized carbons (Fsp3) is 0.286. The van der Waals surface area contributed by atoms with Gasteiger partial charge in [-0.25, -0.2) is 4.79 Å². The lowest BCUT2D eigenvalue weighted by atomic mass is 9.81. The fourth-order valence-electron chi connectivity index (χ4n) is 4.07. The molecule has 6 heteroatoms. The van der Waals surface area contributed by atoms with Gasteiger partial charge in [0.15, 0.2) is 0 Å². The Balaban J connectivity index is 1.65. The Morgan fingerprint density at radius 3 is 2.26 bits per heavy atom. The Labute approximate surface area is 157 Å². The third-order valence-corrected chi connectivity index (χ3v) is 5.40. The average Bonchev–Trinajstić information content (AvgIpc) is 3.06. The molecule has 1 N–H and O–H groups in total. The summed E-state index contributed by atoms with van der Waals surface area (Å²) in [7, 11) is 0. The van der Waals surface area contributed by atoms with Crippen molar-refractivity contribution in [2.45, 2.75) is 24.9 Å². The van der Waals surface area contributed by atoms with Gasteiger partial charge in [0.05, 0.1) is 12.0 Å². The van der Waals surface area contributed by atoms with Crippen molar-refractivity contribution < 1.29 is 19.5 Å². The number of carboxylic acids is 1. The summed E-state index contributed by atoms with van der Waals surface area (Å²) in [5.74, 6) is -1.74. The molecule has 2 aliphatic rings. The Hall–Kier alpha value is -3.15. The highest BCUT2D eigenvalue weighted by atomic mass is 16.4. The lowest BCUT2D eigenvalue weighted by Gasteiger charge is -2.48. The van der Waals surface area contributed by atoms with Gasteiger partial charge in [-0.3, -0.25) is 9.59 Å². The molecule has 0 spiro atoms. The van der Waals surface area contributed by atoms with E-state index in [2.05, 4.69) is 0 Å². The number of carbonyl (C=O) groups is 3. The molecule has 3 atom stereocenters. The number of para-hydroxylation sites is 1. The molecule has 2 saturated heterocycles. The van der Waals surface area contributed by atoms with E-state index in [1.807, 2.05) is 60.7 Å². The van der Waals surface area contributed by atoms with E-state index in [0.29, 0.717) is 6.42 Å². The number of carbonyl (C=O) groups excluding carboxylic acids is 2. The average molecular weight is 364 g/mol. The number of nitrogens with zero attached hydrogens (tertiary/aromatic N) is 2. The molecule has 0 unspecified atom stereocenters. The molecule has 6 nitrogen and oxygen atoms in total. The summed E-state index contributed by atoms with van der Waals surface area (Å²) in [6.07, 6.45) is 0.518. The van der Waals surface area contributed by atoms with Gasteiger partial charge in [-0.05, 0) is 24.1 Å². The fourth-order valence-corrected chi connectivity index (χ4v) is 4.07. The summed E-state index contributed by atoms with van der Waals surface area (Å²) in [5, 5.41) is 9.39. The first-order chi connectivity index (χ1) is 13.1. The number of hydrogen-bond acceptors (Lipinski definition) is 3. The number of aliphatic carboxylic acids is 1. The quantitative estimate of drug-likeness (QED) is 0.827. The molecule has 0 radical (unpaired) electrons. The lowest BCUT2D eigenvalue weighted by Crippen LogP contribution is -2.60. The van der Waals surface area contributed by atoms with Gasteiger partial charge < -0.3 is 14.9 Å². The van der Waals surface area contributed by atoms with Gasteiger partial charge in [0.1, 0.15) is 6.04 Å². The highest BCUT2D eigenvalue weighted by Crippen LogP contribution is 2.44. The van der Waals surface area contributed by atoms with Crippen molar-refractivity contribution in [3.63, 3.8) is 0 Å². The smallest absolute Gasteiger partial charge is 0.326 e. The first kappa shape index (κ1) is 17.3. The van der Waals surface area contributed by atoms with Crippen molar-refractivity contribution in [2.24, 2.45) is 5.92 Å². The summed E-state index contributed by atoms with van der Waals surface area (Å²) >= 11 is 0. The van der Waals surface area contributed by atoms with E-state index in [1.165, 1.54) is 4.90 Å². The zero-order valence-corrected chi connectivity index (χ0v) is 14.7. The van der Waals surface area contributed by atoms with Crippen molar-refractivity contribution in [3.05, 3.63) is 66.2 Å². The van der Waals surface area contributed by atoms with Crippen LogP contribution in [-0.4, -0.2) is 40.4 Å². The van der Waals surface area contributed by atoms with Gasteiger partial charge in [0, 0.05) is 18.7 Å². The molecule has 138 valence electrons. The second-order valence-electron chi connectivity index (χ2n) is 6.94. The van der Waals surface area contributed by atoms with Gasteiger partial charge in [-0.15, -0.1) is 0 Å². The number of anilines is 1. The number of hydrogen-bond donors (Lipinski definition) is 1. The first-order valence-electron chi connectivity index (χ1n) is 9.03. The zero-order chi connectivity index (χ0) is 19.0. The predicted octanol–water partition coefficient (Wildman–Crippen LogP) is 2.47. The Kier molecular flexibility index (Phi) is 4.39. The maximum absolute atomic E-state index is 13.0. The minimum Gasteiger partial charge on any atom is -0.480 e. The Morgan fingerprint density at radius 2 is 1.63 bits per heavy atom. The molecule has 0 bridgehead atoms. The van der Waals surface area contributed by atoms with Gasteiger partial charge >= 0.3 is 5.97 Å². The van der Waals surface area contributed by atoms with Crippen LogP contribution in [0, 0.1) is 5.92 Å². The molecule has 2 aliphatic heterocycles. The standard InChI is InChI=1S/C21H20N2O4/c24-18-12-11-17(21(26)27)22(18)13-16-19(14-7-3-1-4-8-14)23(20(16)25)15-9-5-2-6-10-15/h1-10,16-17,19H,11-13H2,(H,26,27)/t16-,17+,19+/m1/s1. The highest BCUT2D eigenvalue weighted by molar-refractivity contribution is 6.03. The van der Waals surface area contributed by atoms with Crippen LogP contribution in [0.1, 0.15) is 24.4 Å². The van der Waals surface area contributed by atoms with Gasteiger partial charge in [0.2, 0.25) is 11.8 Å². The Bertz CT molecular complexity index is 868. The topological polar surface area (TPSA) is 77.9 Å². The normalized spacial score (nSPS) is 24.8. The molecule has 4 rings (SSSR count). The monoisotopic (exact) mass is 364 g/mol.